The lowest BCUT2D eigenvalue weighted by molar-refractivity contribution is 0.0897. The lowest BCUT2D eigenvalue weighted by Gasteiger charge is -2.00. The van der Waals surface area contributed by atoms with Gasteiger partial charge >= 0.3 is 6.16 Å². The number of hydrogen-bond acceptors (Lipinski definition) is 3. The molecule has 0 saturated heterocycles. The largest absolute Gasteiger partial charge is 0.505 e. The lowest BCUT2D eigenvalue weighted by Crippen LogP contribution is -2.01. The minimum atomic E-state index is -1.19. The summed E-state index contributed by atoms with van der Waals surface area (Å²) in [5.41, 5.74) is 0. The maximum atomic E-state index is 9.89. The monoisotopic (exact) mass is 176 g/mol. The molecule has 0 amide bonds. The topological polar surface area (TPSA) is 55.8 Å². The maximum absolute atomic E-state index is 9.89. The molecule has 1 N–H and O–H groups in total. The van der Waals surface area contributed by atoms with Gasteiger partial charge < -0.3 is 14.6 Å². The van der Waals surface area contributed by atoms with Gasteiger partial charge in [0.25, 0.3) is 0 Å². The summed E-state index contributed by atoms with van der Waals surface area (Å²) in [5, 5.41) is 8.11. The molecular formula is C8H16O4. The molecule has 0 radical (unpaired) electrons. The van der Waals surface area contributed by atoms with Crippen LogP contribution in [0, 0.1) is 0 Å². The summed E-state index contributed by atoms with van der Waals surface area (Å²) >= 11 is 0. The van der Waals surface area contributed by atoms with E-state index in [0.717, 1.165) is 32.3 Å². The van der Waals surface area contributed by atoms with Crippen LogP contribution in [0.2, 0.25) is 0 Å². The first-order valence-electron chi connectivity index (χ1n) is 4.12. The second-order valence-electron chi connectivity index (χ2n) is 2.52. The quantitative estimate of drug-likeness (QED) is 0.475. The molecule has 0 aromatic heterocycles. The highest BCUT2D eigenvalue weighted by atomic mass is 16.7. The summed E-state index contributed by atoms with van der Waals surface area (Å²) in [6, 6.07) is 0. The van der Waals surface area contributed by atoms with Crippen LogP contribution in [0.1, 0.15) is 25.7 Å². The highest BCUT2D eigenvalue weighted by molar-refractivity contribution is 5.56. The molecule has 0 heterocycles. The number of carboxylic acid groups (broad SMARTS) is 1. The minimum Gasteiger partial charge on any atom is -0.450 e. The first-order valence-corrected chi connectivity index (χ1v) is 4.12. The standard InChI is InChI=1S/C8H16O4/c1-11-6-4-2-3-5-7-12-8(9)10/h2-7H2,1H3,(H,9,10). The normalized spacial score (nSPS) is 9.75. The van der Waals surface area contributed by atoms with Gasteiger partial charge in [-0.25, -0.2) is 4.79 Å². The van der Waals surface area contributed by atoms with Gasteiger partial charge in [-0.1, -0.05) is 6.42 Å². The second-order valence-corrected chi connectivity index (χ2v) is 2.52. The number of ether oxygens (including phenoxy) is 2. The van der Waals surface area contributed by atoms with Crippen LogP contribution in [-0.2, 0) is 9.47 Å². The molecule has 0 aromatic carbocycles. The zero-order chi connectivity index (χ0) is 9.23. The highest BCUT2D eigenvalue weighted by Gasteiger charge is 1.95. The van der Waals surface area contributed by atoms with E-state index in [4.69, 9.17) is 9.84 Å². The molecule has 0 spiro atoms. The van der Waals surface area contributed by atoms with E-state index < -0.39 is 6.16 Å². The van der Waals surface area contributed by atoms with Gasteiger partial charge in [0.05, 0.1) is 6.61 Å². The van der Waals surface area contributed by atoms with E-state index in [2.05, 4.69) is 4.74 Å². The van der Waals surface area contributed by atoms with Gasteiger partial charge in [-0.05, 0) is 19.3 Å². The summed E-state index contributed by atoms with van der Waals surface area (Å²) in [6.07, 6.45) is 2.71. The first kappa shape index (κ1) is 11.2. The molecule has 72 valence electrons. The third-order valence-corrected chi connectivity index (χ3v) is 1.47. The molecular weight excluding hydrogens is 160 g/mol. The Morgan fingerprint density at radius 3 is 2.25 bits per heavy atom. The predicted octanol–water partition coefficient (Wildman–Crippen LogP) is 1.89. The van der Waals surface area contributed by atoms with Crippen molar-refractivity contribution in [1.82, 2.24) is 0 Å². The molecule has 0 aliphatic carbocycles. The van der Waals surface area contributed by atoms with Crippen LogP contribution in [-0.4, -0.2) is 31.6 Å². The average molecular weight is 176 g/mol. The van der Waals surface area contributed by atoms with Crippen molar-refractivity contribution in [3.63, 3.8) is 0 Å². The number of methoxy groups -OCH3 is 1. The van der Waals surface area contributed by atoms with Gasteiger partial charge in [-0.15, -0.1) is 0 Å². The van der Waals surface area contributed by atoms with E-state index in [1.807, 2.05) is 0 Å². The molecule has 0 aromatic rings. The second kappa shape index (κ2) is 8.33. The van der Waals surface area contributed by atoms with Gasteiger partial charge in [-0.3, -0.25) is 0 Å². The summed E-state index contributed by atoms with van der Waals surface area (Å²) in [5.74, 6) is 0. The van der Waals surface area contributed by atoms with Crippen molar-refractivity contribution < 1.29 is 19.4 Å². The Labute approximate surface area is 72.5 Å². The fourth-order valence-electron chi connectivity index (χ4n) is 0.861. The molecule has 4 heteroatoms. The smallest absolute Gasteiger partial charge is 0.450 e. The van der Waals surface area contributed by atoms with Gasteiger partial charge in [0.15, 0.2) is 0 Å². The van der Waals surface area contributed by atoms with Gasteiger partial charge in [0.2, 0.25) is 0 Å². The van der Waals surface area contributed by atoms with E-state index in [0.29, 0.717) is 6.61 Å². The number of unbranched alkanes of at least 4 members (excludes halogenated alkanes) is 3. The molecule has 0 saturated carbocycles. The zero-order valence-corrected chi connectivity index (χ0v) is 7.41. The Balaban J connectivity index is 2.86. The van der Waals surface area contributed by atoms with Crippen molar-refractivity contribution in [3.8, 4) is 0 Å². The summed E-state index contributed by atoms with van der Waals surface area (Å²) in [6.45, 7) is 1.09. The van der Waals surface area contributed by atoms with Crippen molar-refractivity contribution in [2.24, 2.45) is 0 Å². The van der Waals surface area contributed by atoms with E-state index in [1.54, 1.807) is 7.11 Å². The van der Waals surface area contributed by atoms with Crippen molar-refractivity contribution in [2.45, 2.75) is 25.7 Å². The lowest BCUT2D eigenvalue weighted by atomic mass is 10.2. The van der Waals surface area contributed by atoms with Crippen LogP contribution in [0.25, 0.3) is 0 Å². The maximum Gasteiger partial charge on any atom is 0.505 e. The molecule has 0 bridgehead atoms. The molecule has 0 atom stereocenters. The van der Waals surface area contributed by atoms with Crippen LogP contribution in [0.5, 0.6) is 0 Å². The molecule has 0 aliphatic heterocycles. The van der Waals surface area contributed by atoms with E-state index in [9.17, 15) is 4.79 Å². The summed E-state index contributed by atoms with van der Waals surface area (Å²) < 4.78 is 9.20. The Hall–Kier alpha value is -0.770. The fraction of sp³-hybridized carbons (Fsp3) is 0.875. The third-order valence-electron chi connectivity index (χ3n) is 1.47. The van der Waals surface area contributed by atoms with E-state index in [1.165, 1.54) is 0 Å². The van der Waals surface area contributed by atoms with Gasteiger partial charge in [0, 0.05) is 13.7 Å². The first-order chi connectivity index (χ1) is 5.77. The number of hydrogen-bond donors (Lipinski definition) is 1. The Bertz CT molecular complexity index is 114. The number of carbonyl (C=O) groups is 1. The van der Waals surface area contributed by atoms with Gasteiger partial charge in [0.1, 0.15) is 0 Å². The summed E-state index contributed by atoms with van der Waals surface area (Å²) in [7, 11) is 1.67. The summed E-state index contributed by atoms with van der Waals surface area (Å²) in [4.78, 5) is 9.89. The third kappa shape index (κ3) is 9.23. The van der Waals surface area contributed by atoms with Crippen LogP contribution >= 0.6 is 0 Å². The molecule has 0 fully saturated rings. The Morgan fingerprint density at radius 2 is 1.75 bits per heavy atom. The minimum absolute atomic E-state index is 0.308. The molecule has 0 aliphatic rings. The molecule has 12 heavy (non-hydrogen) atoms. The van der Waals surface area contributed by atoms with Crippen molar-refractivity contribution >= 4 is 6.16 Å². The SMILES string of the molecule is COCCCCCCOC(=O)O. The fourth-order valence-corrected chi connectivity index (χ4v) is 0.861. The van der Waals surface area contributed by atoms with Crippen LogP contribution in [0.4, 0.5) is 4.79 Å². The van der Waals surface area contributed by atoms with E-state index in [-0.39, 0.29) is 0 Å². The van der Waals surface area contributed by atoms with Gasteiger partial charge in [-0.2, -0.15) is 0 Å². The highest BCUT2D eigenvalue weighted by Crippen LogP contribution is 1.99. The average Bonchev–Trinajstić information content (AvgIpc) is 2.02. The zero-order valence-electron chi connectivity index (χ0n) is 7.41. The molecule has 0 unspecified atom stereocenters. The van der Waals surface area contributed by atoms with Crippen molar-refractivity contribution in [2.75, 3.05) is 20.3 Å². The van der Waals surface area contributed by atoms with Crippen LogP contribution in [0.3, 0.4) is 0 Å². The Kier molecular flexibility index (Phi) is 7.79. The molecule has 0 rings (SSSR count). The predicted molar refractivity (Wildman–Crippen MR) is 44.3 cm³/mol. The van der Waals surface area contributed by atoms with Crippen LogP contribution < -0.4 is 0 Å². The molecule has 4 nitrogen and oxygen atoms in total. The number of rotatable bonds is 7. The van der Waals surface area contributed by atoms with Crippen LogP contribution in [0.15, 0.2) is 0 Å². The van der Waals surface area contributed by atoms with E-state index >= 15 is 0 Å². The Morgan fingerprint density at radius 1 is 1.17 bits per heavy atom. The van der Waals surface area contributed by atoms with Crippen molar-refractivity contribution in [1.29, 1.82) is 0 Å². The van der Waals surface area contributed by atoms with Crippen molar-refractivity contribution in [3.05, 3.63) is 0 Å².